The molecule has 2 heterocycles. The number of hydrogen-bond acceptors (Lipinski definition) is 5. The Morgan fingerprint density at radius 2 is 1.84 bits per heavy atom. The lowest BCUT2D eigenvalue weighted by atomic mass is 9.88. The lowest BCUT2D eigenvalue weighted by Crippen LogP contribution is -2.48. The van der Waals surface area contributed by atoms with Gasteiger partial charge in [-0.1, -0.05) is 31.0 Å². The normalized spacial score (nSPS) is 13.3. The summed E-state index contributed by atoms with van der Waals surface area (Å²) in [5, 5.41) is 7.80. The molecule has 0 aliphatic carbocycles. The fourth-order valence-corrected chi connectivity index (χ4v) is 4.71. The predicted octanol–water partition coefficient (Wildman–Crippen LogP) is 7.37. The Morgan fingerprint density at radius 3 is 2.47 bits per heavy atom. The monoisotopic (exact) mass is 545 g/mol. The molecule has 0 aliphatic rings. The van der Waals surface area contributed by atoms with Gasteiger partial charge in [-0.2, -0.15) is 5.10 Å². The van der Waals surface area contributed by atoms with Gasteiger partial charge in [-0.05, 0) is 78.1 Å². The number of nitrogens with one attached hydrogen (secondary N) is 1. The van der Waals surface area contributed by atoms with Crippen molar-refractivity contribution in [2.24, 2.45) is 0 Å². The van der Waals surface area contributed by atoms with Crippen LogP contribution in [0.3, 0.4) is 0 Å². The topological polar surface area (TPSA) is 81.9 Å². The Labute approximate surface area is 228 Å². The van der Waals surface area contributed by atoms with Crippen molar-refractivity contribution in [2.45, 2.75) is 91.9 Å². The zero-order chi connectivity index (χ0) is 28.3. The van der Waals surface area contributed by atoms with Crippen LogP contribution in [0.1, 0.15) is 87.5 Å². The van der Waals surface area contributed by atoms with Crippen molar-refractivity contribution in [1.82, 2.24) is 14.9 Å². The van der Waals surface area contributed by atoms with E-state index >= 15 is 0 Å². The van der Waals surface area contributed by atoms with E-state index < -0.39 is 23.1 Å². The molecule has 1 amide bonds. The van der Waals surface area contributed by atoms with E-state index in [4.69, 9.17) is 21.1 Å². The average molecular weight is 546 g/mol. The van der Waals surface area contributed by atoms with Crippen LogP contribution in [-0.2, 0) is 11.3 Å². The summed E-state index contributed by atoms with van der Waals surface area (Å²) in [6.07, 6.45) is 1.69. The zero-order valence-electron chi connectivity index (χ0n) is 23.2. The number of Topliss-reactive ketones (excluding diaryl/α,β-unsaturated/α-hetero) is 1. The van der Waals surface area contributed by atoms with Gasteiger partial charge < -0.3 is 14.8 Å². The standard InChI is InChI=1S/C29H37ClFN3O4/c1-8-13-29(7,32-27(36)38-28(4,5)6)14-12-24(35)26-19(3)33-34-23(26)15-18(2)16-25(34)37-17-20-21(30)10-9-11-22(20)31/h9-11,15-16H,8,12-14,17H2,1-7H3,(H,32,36). The molecule has 0 aliphatic heterocycles. The number of alkyl carbamates (subject to hydrolysis) is 1. The summed E-state index contributed by atoms with van der Waals surface area (Å²) in [4.78, 5) is 25.9. The summed E-state index contributed by atoms with van der Waals surface area (Å²) in [5.41, 5.74) is 1.56. The highest BCUT2D eigenvalue weighted by Crippen LogP contribution is 2.28. The van der Waals surface area contributed by atoms with Gasteiger partial charge in [0, 0.05) is 23.6 Å². The van der Waals surface area contributed by atoms with Gasteiger partial charge in [0.25, 0.3) is 0 Å². The van der Waals surface area contributed by atoms with Crippen LogP contribution in [0, 0.1) is 19.7 Å². The quantitative estimate of drug-likeness (QED) is 0.269. The number of benzene rings is 1. The number of aryl methyl sites for hydroxylation is 2. The maximum Gasteiger partial charge on any atom is 0.408 e. The number of pyridine rings is 1. The van der Waals surface area contributed by atoms with Gasteiger partial charge in [0.1, 0.15) is 18.0 Å². The number of halogens is 2. The Bertz CT molecular complexity index is 1310. The van der Waals surface area contributed by atoms with Crippen LogP contribution < -0.4 is 10.1 Å². The molecule has 0 saturated carbocycles. The van der Waals surface area contributed by atoms with E-state index in [1.807, 2.05) is 47.6 Å². The Kier molecular flexibility index (Phi) is 9.08. The summed E-state index contributed by atoms with van der Waals surface area (Å²) in [6.45, 7) is 13.0. The van der Waals surface area contributed by atoms with Crippen LogP contribution in [0.15, 0.2) is 30.3 Å². The molecule has 38 heavy (non-hydrogen) atoms. The van der Waals surface area contributed by atoms with Gasteiger partial charge in [-0.3, -0.25) is 4.79 Å². The average Bonchev–Trinajstić information content (AvgIpc) is 3.11. The number of ketones is 1. The van der Waals surface area contributed by atoms with E-state index in [2.05, 4.69) is 10.4 Å². The molecule has 1 atom stereocenters. The molecular formula is C29H37ClFN3O4. The van der Waals surface area contributed by atoms with Crippen LogP contribution in [0.5, 0.6) is 5.88 Å². The van der Waals surface area contributed by atoms with Gasteiger partial charge in [0.05, 0.1) is 21.8 Å². The first-order valence-corrected chi connectivity index (χ1v) is 13.2. The lowest BCUT2D eigenvalue weighted by molar-refractivity contribution is 0.0448. The first-order chi connectivity index (χ1) is 17.7. The first-order valence-electron chi connectivity index (χ1n) is 12.8. The van der Waals surface area contributed by atoms with E-state index in [1.165, 1.54) is 12.1 Å². The molecule has 1 unspecified atom stereocenters. The van der Waals surface area contributed by atoms with E-state index in [0.29, 0.717) is 35.5 Å². The molecule has 2 aromatic heterocycles. The van der Waals surface area contributed by atoms with E-state index in [0.717, 1.165) is 12.0 Å². The molecule has 0 saturated heterocycles. The largest absolute Gasteiger partial charge is 0.473 e. The highest BCUT2D eigenvalue weighted by molar-refractivity contribution is 6.31. The van der Waals surface area contributed by atoms with Crippen LogP contribution >= 0.6 is 11.6 Å². The number of fused-ring (bicyclic) bond motifs is 1. The van der Waals surface area contributed by atoms with Gasteiger partial charge in [-0.15, -0.1) is 0 Å². The summed E-state index contributed by atoms with van der Waals surface area (Å²) in [7, 11) is 0. The lowest BCUT2D eigenvalue weighted by Gasteiger charge is -2.32. The second-order valence-corrected chi connectivity index (χ2v) is 11.4. The molecule has 206 valence electrons. The maximum absolute atomic E-state index is 14.3. The molecule has 0 radical (unpaired) electrons. The molecule has 1 N–H and O–H groups in total. The summed E-state index contributed by atoms with van der Waals surface area (Å²) < 4.78 is 27.2. The second kappa shape index (κ2) is 11.7. The minimum absolute atomic E-state index is 0.0838. The van der Waals surface area contributed by atoms with Crippen LogP contribution in [0.25, 0.3) is 5.52 Å². The van der Waals surface area contributed by atoms with Gasteiger partial charge in [-0.25, -0.2) is 13.7 Å². The summed E-state index contributed by atoms with van der Waals surface area (Å²) in [6, 6.07) is 8.13. The summed E-state index contributed by atoms with van der Waals surface area (Å²) >= 11 is 6.15. The molecule has 3 rings (SSSR count). The number of rotatable bonds is 10. The highest BCUT2D eigenvalue weighted by Gasteiger charge is 2.30. The molecule has 3 aromatic rings. The predicted molar refractivity (Wildman–Crippen MR) is 147 cm³/mol. The zero-order valence-corrected chi connectivity index (χ0v) is 24.0. The Morgan fingerprint density at radius 1 is 1.13 bits per heavy atom. The third-order valence-corrected chi connectivity index (χ3v) is 6.59. The number of carbonyl (C=O) groups is 2. The Hall–Kier alpha value is -3.13. The second-order valence-electron chi connectivity index (χ2n) is 11.0. The third-order valence-electron chi connectivity index (χ3n) is 6.23. The van der Waals surface area contributed by atoms with Crippen molar-refractivity contribution in [3.05, 3.63) is 63.6 Å². The SMILES string of the molecule is CCCC(C)(CCC(=O)c1c(C)nn2c(OCc3c(F)cccc3Cl)cc(C)cc12)NC(=O)OC(C)(C)C. The van der Waals surface area contributed by atoms with Gasteiger partial charge in [0.15, 0.2) is 5.78 Å². The van der Waals surface area contributed by atoms with Crippen molar-refractivity contribution in [1.29, 1.82) is 0 Å². The fourth-order valence-electron chi connectivity index (χ4n) is 4.49. The van der Waals surface area contributed by atoms with E-state index in [-0.39, 0.29) is 29.4 Å². The number of nitrogens with zero attached hydrogens (tertiary/aromatic N) is 2. The van der Waals surface area contributed by atoms with Crippen molar-refractivity contribution < 1.29 is 23.5 Å². The number of carbonyl (C=O) groups excluding carboxylic acids is 2. The van der Waals surface area contributed by atoms with Crippen molar-refractivity contribution in [2.75, 3.05) is 0 Å². The molecule has 0 bridgehead atoms. The Balaban J connectivity index is 1.83. The van der Waals surface area contributed by atoms with Crippen LogP contribution in [0.2, 0.25) is 5.02 Å². The van der Waals surface area contributed by atoms with Crippen molar-refractivity contribution >= 4 is 29.0 Å². The fraction of sp³-hybridized carbons (Fsp3) is 0.483. The maximum atomic E-state index is 14.3. The molecule has 0 fully saturated rings. The number of aromatic nitrogens is 2. The smallest absolute Gasteiger partial charge is 0.408 e. The van der Waals surface area contributed by atoms with Crippen molar-refractivity contribution in [3.63, 3.8) is 0 Å². The van der Waals surface area contributed by atoms with Crippen LogP contribution in [0.4, 0.5) is 9.18 Å². The van der Waals surface area contributed by atoms with Crippen molar-refractivity contribution in [3.8, 4) is 5.88 Å². The van der Waals surface area contributed by atoms with Gasteiger partial charge in [0.2, 0.25) is 5.88 Å². The minimum atomic E-state index is -0.615. The number of amides is 1. The minimum Gasteiger partial charge on any atom is -0.473 e. The first kappa shape index (κ1) is 29.4. The third kappa shape index (κ3) is 7.25. The highest BCUT2D eigenvalue weighted by atomic mass is 35.5. The molecule has 7 nitrogen and oxygen atoms in total. The van der Waals surface area contributed by atoms with Gasteiger partial charge >= 0.3 is 6.09 Å². The number of hydrogen-bond donors (Lipinski definition) is 1. The molecular weight excluding hydrogens is 509 g/mol. The number of ether oxygens (including phenoxy) is 2. The van der Waals surface area contributed by atoms with E-state index in [9.17, 15) is 14.0 Å². The summed E-state index contributed by atoms with van der Waals surface area (Å²) in [5.74, 6) is -0.160. The molecule has 1 aromatic carbocycles. The molecule has 9 heteroatoms. The van der Waals surface area contributed by atoms with Crippen LogP contribution in [-0.4, -0.2) is 32.6 Å². The molecule has 0 spiro atoms. The van der Waals surface area contributed by atoms with E-state index in [1.54, 1.807) is 23.6 Å².